The number of aromatic nitrogens is 8. The molecule has 0 atom stereocenters. The van der Waals surface area contributed by atoms with Gasteiger partial charge in [-0.25, -0.2) is 14.8 Å². The molecule has 8 nitrogen and oxygen atoms in total. The molecule has 154 valence electrons. The lowest BCUT2D eigenvalue weighted by Crippen LogP contribution is -2.07. The van der Waals surface area contributed by atoms with Crippen molar-refractivity contribution < 1.29 is 0 Å². The van der Waals surface area contributed by atoms with Gasteiger partial charge in [-0.1, -0.05) is 51.0 Å². The molecule has 1 N–H and O–H groups in total. The first-order valence-electron chi connectivity index (χ1n) is 10.5. The average Bonchev–Trinajstić information content (AvgIpc) is 3.45. The van der Waals surface area contributed by atoms with Crippen LogP contribution in [0.2, 0.25) is 0 Å². The van der Waals surface area contributed by atoms with Crippen molar-refractivity contribution in [1.29, 1.82) is 0 Å². The standard InChI is InChI=1S/C22H26N8/c1-3-5-6-7-21-24-20(4-2)27-30(21)15-16-8-10-17(11-9-16)18-12-13-23-14-19(18)22-25-28-29-26-22/h8-14H,3-7,15H2,1-2H3,(H,25,26,28,29). The fourth-order valence-electron chi connectivity index (χ4n) is 3.49. The zero-order valence-corrected chi connectivity index (χ0v) is 17.4. The summed E-state index contributed by atoms with van der Waals surface area (Å²) in [5, 5.41) is 18.9. The molecule has 0 aliphatic rings. The summed E-state index contributed by atoms with van der Waals surface area (Å²) in [4.78, 5) is 8.94. The van der Waals surface area contributed by atoms with E-state index in [0.717, 1.165) is 54.1 Å². The largest absolute Gasteiger partial charge is 0.264 e. The number of unbranched alkanes of at least 4 members (excludes halogenated alkanes) is 2. The zero-order chi connectivity index (χ0) is 20.8. The van der Waals surface area contributed by atoms with Crippen LogP contribution in [0.1, 0.15) is 50.3 Å². The number of benzene rings is 1. The van der Waals surface area contributed by atoms with E-state index in [0.29, 0.717) is 5.82 Å². The van der Waals surface area contributed by atoms with Crippen LogP contribution in [0, 0.1) is 0 Å². The molecule has 0 fully saturated rings. The smallest absolute Gasteiger partial charge is 0.181 e. The maximum atomic E-state index is 4.72. The van der Waals surface area contributed by atoms with E-state index in [1.165, 1.54) is 18.4 Å². The van der Waals surface area contributed by atoms with Crippen LogP contribution < -0.4 is 0 Å². The highest BCUT2D eigenvalue weighted by atomic mass is 15.5. The van der Waals surface area contributed by atoms with Crippen molar-refractivity contribution in [2.75, 3.05) is 0 Å². The van der Waals surface area contributed by atoms with Gasteiger partial charge in [0.15, 0.2) is 11.6 Å². The molecule has 0 aliphatic heterocycles. The van der Waals surface area contributed by atoms with Gasteiger partial charge in [0, 0.05) is 30.8 Å². The molecule has 4 rings (SSSR count). The van der Waals surface area contributed by atoms with Crippen LogP contribution in [-0.4, -0.2) is 40.4 Å². The Balaban J connectivity index is 1.55. The van der Waals surface area contributed by atoms with Crippen molar-refractivity contribution in [3.8, 4) is 22.5 Å². The van der Waals surface area contributed by atoms with E-state index in [9.17, 15) is 0 Å². The Labute approximate surface area is 175 Å². The highest BCUT2D eigenvalue weighted by Crippen LogP contribution is 2.29. The minimum atomic E-state index is 0.605. The fourth-order valence-corrected chi connectivity index (χ4v) is 3.49. The van der Waals surface area contributed by atoms with Gasteiger partial charge in [0.25, 0.3) is 0 Å². The number of hydrogen-bond acceptors (Lipinski definition) is 6. The summed E-state index contributed by atoms with van der Waals surface area (Å²) in [7, 11) is 0. The van der Waals surface area contributed by atoms with Gasteiger partial charge in [-0.2, -0.15) is 5.10 Å². The Morgan fingerprint density at radius 2 is 1.87 bits per heavy atom. The first-order chi connectivity index (χ1) is 14.8. The van der Waals surface area contributed by atoms with Gasteiger partial charge in [0.05, 0.1) is 6.54 Å². The molecule has 8 heteroatoms. The number of hydrogen-bond donors (Lipinski definition) is 1. The molecule has 0 radical (unpaired) electrons. The molecule has 3 heterocycles. The molecule has 30 heavy (non-hydrogen) atoms. The topological polar surface area (TPSA) is 98.1 Å². The minimum absolute atomic E-state index is 0.605. The third-order valence-corrected chi connectivity index (χ3v) is 5.13. The van der Waals surface area contributed by atoms with Crippen LogP contribution in [0.25, 0.3) is 22.5 Å². The van der Waals surface area contributed by atoms with Crippen LogP contribution in [-0.2, 0) is 19.4 Å². The fraction of sp³-hybridized carbons (Fsp3) is 0.364. The van der Waals surface area contributed by atoms with Crippen LogP contribution in [0.15, 0.2) is 42.7 Å². The lowest BCUT2D eigenvalue weighted by molar-refractivity contribution is 0.604. The van der Waals surface area contributed by atoms with Crippen molar-refractivity contribution in [1.82, 2.24) is 40.4 Å². The quantitative estimate of drug-likeness (QED) is 0.427. The lowest BCUT2D eigenvalue weighted by Gasteiger charge is -2.09. The summed E-state index contributed by atoms with van der Waals surface area (Å²) in [6, 6.07) is 10.5. The Kier molecular flexibility index (Phi) is 6.22. The van der Waals surface area contributed by atoms with Crippen molar-refractivity contribution in [3.63, 3.8) is 0 Å². The number of aromatic amines is 1. The van der Waals surface area contributed by atoms with E-state index in [1.54, 1.807) is 12.4 Å². The second kappa shape index (κ2) is 9.39. The van der Waals surface area contributed by atoms with Gasteiger partial charge >= 0.3 is 0 Å². The molecular formula is C22H26N8. The van der Waals surface area contributed by atoms with Crippen molar-refractivity contribution in [2.45, 2.75) is 52.5 Å². The van der Waals surface area contributed by atoms with Crippen LogP contribution >= 0.6 is 0 Å². The van der Waals surface area contributed by atoms with E-state index in [4.69, 9.17) is 10.1 Å². The predicted octanol–water partition coefficient (Wildman–Crippen LogP) is 3.86. The first kappa shape index (κ1) is 19.9. The Bertz CT molecular complexity index is 1070. The number of nitrogens with zero attached hydrogens (tertiary/aromatic N) is 7. The van der Waals surface area contributed by atoms with E-state index in [2.05, 4.69) is 68.4 Å². The Hall–Kier alpha value is -3.42. The van der Waals surface area contributed by atoms with Gasteiger partial charge in [-0.05, 0) is 39.6 Å². The highest BCUT2D eigenvalue weighted by Gasteiger charge is 2.12. The molecule has 0 aliphatic carbocycles. The third-order valence-electron chi connectivity index (χ3n) is 5.13. The van der Waals surface area contributed by atoms with E-state index in [1.807, 2.05) is 6.07 Å². The highest BCUT2D eigenvalue weighted by molar-refractivity contribution is 5.79. The molecule has 3 aromatic heterocycles. The van der Waals surface area contributed by atoms with Crippen molar-refractivity contribution in [3.05, 3.63) is 59.9 Å². The molecular weight excluding hydrogens is 376 g/mol. The molecule has 0 unspecified atom stereocenters. The first-order valence-corrected chi connectivity index (χ1v) is 10.5. The molecule has 1 aromatic carbocycles. The minimum Gasteiger partial charge on any atom is -0.264 e. The maximum Gasteiger partial charge on any atom is 0.181 e. The third kappa shape index (κ3) is 4.42. The average molecular weight is 403 g/mol. The van der Waals surface area contributed by atoms with Crippen LogP contribution in [0.5, 0.6) is 0 Å². The van der Waals surface area contributed by atoms with Crippen LogP contribution in [0.3, 0.4) is 0 Å². The van der Waals surface area contributed by atoms with E-state index >= 15 is 0 Å². The number of rotatable bonds is 9. The van der Waals surface area contributed by atoms with E-state index in [-0.39, 0.29) is 0 Å². The Morgan fingerprint density at radius 1 is 1.00 bits per heavy atom. The van der Waals surface area contributed by atoms with Gasteiger partial charge in [0.1, 0.15) is 5.82 Å². The second-order valence-corrected chi connectivity index (χ2v) is 7.28. The molecule has 0 saturated carbocycles. The number of aryl methyl sites for hydroxylation is 2. The number of H-pyrrole nitrogens is 1. The number of nitrogens with one attached hydrogen (secondary N) is 1. The molecule has 4 aromatic rings. The molecule has 0 bridgehead atoms. The summed E-state index contributed by atoms with van der Waals surface area (Å²) in [5.74, 6) is 2.60. The zero-order valence-electron chi connectivity index (χ0n) is 17.4. The Morgan fingerprint density at radius 3 is 2.60 bits per heavy atom. The summed E-state index contributed by atoms with van der Waals surface area (Å²) in [6.07, 6.45) is 8.96. The van der Waals surface area contributed by atoms with E-state index < -0.39 is 0 Å². The summed E-state index contributed by atoms with van der Waals surface area (Å²) in [5.41, 5.74) is 4.19. The van der Waals surface area contributed by atoms with Crippen LogP contribution in [0.4, 0.5) is 0 Å². The molecule has 0 saturated heterocycles. The van der Waals surface area contributed by atoms with Crippen molar-refractivity contribution in [2.24, 2.45) is 0 Å². The van der Waals surface area contributed by atoms with Gasteiger partial charge in [-0.3, -0.25) is 4.98 Å². The number of pyridine rings is 1. The van der Waals surface area contributed by atoms with Gasteiger partial charge < -0.3 is 0 Å². The number of tetrazole rings is 1. The second-order valence-electron chi connectivity index (χ2n) is 7.28. The predicted molar refractivity (Wildman–Crippen MR) is 115 cm³/mol. The summed E-state index contributed by atoms with van der Waals surface area (Å²) < 4.78 is 2.06. The van der Waals surface area contributed by atoms with Gasteiger partial charge in [0.2, 0.25) is 0 Å². The molecule has 0 amide bonds. The van der Waals surface area contributed by atoms with Gasteiger partial charge in [-0.15, -0.1) is 5.10 Å². The summed E-state index contributed by atoms with van der Waals surface area (Å²) in [6.45, 7) is 5.04. The SMILES string of the molecule is CCCCCc1nc(CC)nn1Cc1ccc(-c2ccncc2-c2nnn[nH]2)cc1. The lowest BCUT2D eigenvalue weighted by atomic mass is 10.00. The maximum absolute atomic E-state index is 4.72. The normalized spacial score (nSPS) is 11.1. The molecule has 0 spiro atoms. The summed E-state index contributed by atoms with van der Waals surface area (Å²) >= 11 is 0. The monoisotopic (exact) mass is 402 g/mol. The van der Waals surface area contributed by atoms with Crippen molar-refractivity contribution >= 4 is 0 Å².